The zero-order chi connectivity index (χ0) is 16.8. The number of methoxy groups -OCH3 is 1. The first-order chi connectivity index (χ1) is 11.0. The molecule has 4 heteroatoms. The van der Waals surface area contributed by atoms with Gasteiger partial charge in [0.15, 0.2) is 0 Å². The van der Waals surface area contributed by atoms with Crippen molar-refractivity contribution in [2.24, 2.45) is 11.7 Å². The second-order valence-corrected chi connectivity index (χ2v) is 6.01. The van der Waals surface area contributed by atoms with Crippen LogP contribution in [0, 0.1) is 5.92 Å². The van der Waals surface area contributed by atoms with E-state index in [9.17, 15) is 4.79 Å². The highest BCUT2D eigenvalue weighted by atomic mass is 16.5. The van der Waals surface area contributed by atoms with E-state index in [1.807, 2.05) is 48.5 Å². The van der Waals surface area contributed by atoms with Crippen molar-refractivity contribution in [1.82, 2.24) is 0 Å². The minimum Gasteiger partial charge on any atom is -0.496 e. The molecule has 0 aliphatic heterocycles. The number of anilines is 1. The Morgan fingerprint density at radius 2 is 1.91 bits per heavy atom. The highest BCUT2D eigenvalue weighted by Crippen LogP contribution is 2.31. The van der Waals surface area contributed by atoms with Crippen molar-refractivity contribution in [2.75, 3.05) is 12.4 Å². The maximum atomic E-state index is 12.2. The summed E-state index contributed by atoms with van der Waals surface area (Å²) < 4.78 is 5.40. The average molecular weight is 312 g/mol. The summed E-state index contributed by atoms with van der Waals surface area (Å²) in [6.45, 7) is 4.10. The van der Waals surface area contributed by atoms with Crippen LogP contribution >= 0.6 is 0 Å². The van der Waals surface area contributed by atoms with Gasteiger partial charge in [-0.3, -0.25) is 4.79 Å². The fourth-order valence-electron chi connectivity index (χ4n) is 2.50. The number of para-hydroxylation sites is 1. The summed E-state index contributed by atoms with van der Waals surface area (Å²) in [5.74, 6) is 1.03. The first-order valence-corrected chi connectivity index (χ1v) is 7.81. The third-order valence-electron chi connectivity index (χ3n) is 3.61. The van der Waals surface area contributed by atoms with E-state index >= 15 is 0 Å². The monoisotopic (exact) mass is 312 g/mol. The van der Waals surface area contributed by atoms with Crippen LogP contribution in [-0.2, 0) is 4.79 Å². The number of carbonyl (C=O) groups excluding carboxylic acids is 1. The zero-order valence-electron chi connectivity index (χ0n) is 13.9. The standard InChI is InChI=1S/C19H24N2O2/c1-13(2)11-17(20)19(22)21-15-8-6-7-14(12-15)16-9-4-5-10-18(16)23-3/h4-10,12-13,17H,11,20H2,1-3H3,(H,21,22)/t17-/m0/s1. The van der Waals surface area contributed by atoms with Crippen molar-refractivity contribution in [3.05, 3.63) is 48.5 Å². The van der Waals surface area contributed by atoms with Gasteiger partial charge in [-0.2, -0.15) is 0 Å². The Bertz CT molecular complexity index is 668. The van der Waals surface area contributed by atoms with Crippen LogP contribution in [0.3, 0.4) is 0 Å². The molecule has 0 spiro atoms. The fraction of sp³-hybridized carbons (Fsp3) is 0.316. The Morgan fingerprint density at radius 3 is 2.61 bits per heavy atom. The van der Waals surface area contributed by atoms with Gasteiger partial charge in [-0.1, -0.05) is 44.2 Å². The molecule has 0 aliphatic rings. The fourth-order valence-corrected chi connectivity index (χ4v) is 2.50. The van der Waals surface area contributed by atoms with Crippen LogP contribution in [0.5, 0.6) is 5.75 Å². The van der Waals surface area contributed by atoms with E-state index in [-0.39, 0.29) is 5.91 Å². The van der Waals surface area contributed by atoms with E-state index in [2.05, 4.69) is 19.2 Å². The van der Waals surface area contributed by atoms with Gasteiger partial charge in [0.1, 0.15) is 5.75 Å². The minimum atomic E-state index is -0.495. The lowest BCUT2D eigenvalue weighted by atomic mass is 10.0. The first kappa shape index (κ1) is 17.0. The van der Waals surface area contributed by atoms with Gasteiger partial charge in [-0.25, -0.2) is 0 Å². The van der Waals surface area contributed by atoms with Gasteiger partial charge in [0.05, 0.1) is 13.2 Å². The molecule has 23 heavy (non-hydrogen) atoms. The van der Waals surface area contributed by atoms with Crippen LogP contribution in [-0.4, -0.2) is 19.1 Å². The average Bonchev–Trinajstić information content (AvgIpc) is 2.54. The Hall–Kier alpha value is -2.33. The summed E-state index contributed by atoms with van der Waals surface area (Å²) in [5, 5.41) is 2.89. The van der Waals surface area contributed by atoms with Crippen LogP contribution in [0.2, 0.25) is 0 Å². The molecule has 0 saturated heterocycles. The normalized spacial score (nSPS) is 12.0. The second kappa shape index (κ2) is 7.79. The number of benzene rings is 2. The van der Waals surface area contributed by atoms with Crippen molar-refractivity contribution in [3.8, 4) is 16.9 Å². The lowest BCUT2D eigenvalue weighted by Gasteiger charge is -2.15. The van der Waals surface area contributed by atoms with Crippen LogP contribution < -0.4 is 15.8 Å². The van der Waals surface area contributed by atoms with Crippen LogP contribution in [0.4, 0.5) is 5.69 Å². The molecule has 3 N–H and O–H groups in total. The number of rotatable bonds is 6. The summed E-state index contributed by atoms with van der Waals surface area (Å²) in [6.07, 6.45) is 0.665. The van der Waals surface area contributed by atoms with E-state index in [0.717, 1.165) is 22.6 Å². The van der Waals surface area contributed by atoms with E-state index in [4.69, 9.17) is 10.5 Å². The molecular formula is C19H24N2O2. The maximum Gasteiger partial charge on any atom is 0.241 e. The summed E-state index contributed by atoms with van der Waals surface area (Å²) in [4.78, 5) is 12.2. The number of nitrogens with two attached hydrogens (primary N) is 1. The molecule has 0 unspecified atom stereocenters. The van der Waals surface area contributed by atoms with E-state index in [1.54, 1.807) is 7.11 Å². The van der Waals surface area contributed by atoms with Crippen molar-refractivity contribution < 1.29 is 9.53 Å². The number of hydrogen-bond acceptors (Lipinski definition) is 3. The molecule has 2 rings (SSSR count). The summed E-state index contributed by atoms with van der Waals surface area (Å²) in [7, 11) is 1.65. The lowest BCUT2D eigenvalue weighted by molar-refractivity contribution is -0.117. The highest BCUT2D eigenvalue weighted by molar-refractivity contribution is 5.95. The van der Waals surface area contributed by atoms with E-state index < -0.39 is 6.04 Å². The molecule has 0 fully saturated rings. The number of amides is 1. The van der Waals surface area contributed by atoms with E-state index in [0.29, 0.717) is 12.3 Å². The minimum absolute atomic E-state index is 0.157. The summed E-state index contributed by atoms with van der Waals surface area (Å²) >= 11 is 0. The van der Waals surface area contributed by atoms with Gasteiger partial charge < -0.3 is 15.8 Å². The predicted molar refractivity (Wildman–Crippen MR) is 94.5 cm³/mol. The number of hydrogen-bond donors (Lipinski definition) is 2. The van der Waals surface area contributed by atoms with Crippen LogP contribution in [0.25, 0.3) is 11.1 Å². The number of nitrogens with one attached hydrogen (secondary N) is 1. The highest BCUT2D eigenvalue weighted by Gasteiger charge is 2.15. The quantitative estimate of drug-likeness (QED) is 0.855. The van der Waals surface area contributed by atoms with Gasteiger partial charge in [0.25, 0.3) is 0 Å². The second-order valence-electron chi connectivity index (χ2n) is 6.01. The molecule has 0 saturated carbocycles. The lowest BCUT2D eigenvalue weighted by Crippen LogP contribution is -2.36. The third-order valence-corrected chi connectivity index (χ3v) is 3.61. The zero-order valence-corrected chi connectivity index (χ0v) is 13.9. The van der Waals surface area contributed by atoms with Gasteiger partial charge in [0, 0.05) is 11.3 Å². The largest absolute Gasteiger partial charge is 0.496 e. The van der Waals surface area contributed by atoms with Gasteiger partial charge >= 0.3 is 0 Å². The predicted octanol–water partition coefficient (Wildman–Crippen LogP) is 3.67. The third kappa shape index (κ3) is 4.57. The molecule has 1 amide bonds. The van der Waals surface area contributed by atoms with Crippen LogP contribution in [0.15, 0.2) is 48.5 Å². The topological polar surface area (TPSA) is 64.3 Å². The Balaban J connectivity index is 2.19. The smallest absolute Gasteiger partial charge is 0.241 e. The Kier molecular flexibility index (Phi) is 5.77. The van der Waals surface area contributed by atoms with Crippen molar-refractivity contribution in [1.29, 1.82) is 0 Å². The molecular weight excluding hydrogens is 288 g/mol. The van der Waals surface area contributed by atoms with Gasteiger partial charge in [0.2, 0.25) is 5.91 Å². The molecule has 4 nitrogen and oxygen atoms in total. The molecule has 0 radical (unpaired) electrons. The maximum absolute atomic E-state index is 12.2. The molecule has 0 aliphatic carbocycles. The molecule has 0 heterocycles. The van der Waals surface area contributed by atoms with Gasteiger partial charge in [-0.05, 0) is 36.1 Å². The number of carbonyl (C=O) groups is 1. The summed E-state index contributed by atoms with van der Waals surface area (Å²) in [5.41, 5.74) is 8.63. The molecule has 1 atom stereocenters. The SMILES string of the molecule is COc1ccccc1-c1cccc(NC(=O)[C@@H](N)CC(C)C)c1. The number of ether oxygens (including phenoxy) is 1. The van der Waals surface area contributed by atoms with Crippen molar-refractivity contribution in [2.45, 2.75) is 26.3 Å². The molecule has 0 bridgehead atoms. The van der Waals surface area contributed by atoms with Crippen LogP contribution in [0.1, 0.15) is 20.3 Å². The Labute approximate surface area is 137 Å². The van der Waals surface area contributed by atoms with Gasteiger partial charge in [-0.15, -0.1) is 0 Å². The van der Waals surface area contributed by atoms with Crippen molar-refractivity contribution >= 4 is 11.6 Å². The van der Waals surface area contributed by atoms with E-state index in [1.165, 1.54) is 0 Å². The Morgan fingerprint density at radius 1 is 1.17 bits per heavy atom. The molecule has 0 aromatic heterocycles. The summed E-state index contributed by atoms with van der Waals surface area (Å²) in [6, 6.07) is 15.0. The molecule has 2 aromatic rings. The molecule has 122 valence electrons. The first-order valence-electron chi connectivity index (χ1n) is 7.81. The molecule has 2 aromatic carbocycles. The van der Waals surface area contributed by atoms with Crippen molar-refractivity contribution in [3.63, 3.8) is 0 Å².